The highest BCUT2D eigenvalue weighted by Gasteiger charge is 2.40. The van der Waals surface area contributed by atoms with Crippen LogP contribution in [0.4, 0.5) is 5.69 Å². The summed E-state index contributed by atoms with van der Waals surface area (Å²) in [7, 11) is 0. The van der Waals surface area contributed by atoms with Crippen molar-refractivity contribution in [3.05, 3.63) is 29.8 Å². The van der Waals surface area contributed by atoms with Crippen LogP contribution in [0.5, 0.6) is 0 Å². The van der Waals surface area contributed by atoms with Crippen LogP contribution >= 0.6 is 0 Å². The molecular formula is C21H28N2O5. The molecule has 7 nitrogen and oxygen atoms in total. The molecule has 3 unspecified atom stereocenters. The van der Waals surface area contributed by atoms with E-state index in [1.807, 2.05) is 24.3 Å². The second-order valence-corrected chi connectivity index (χ2v) is 7.88. The zero-order valence-corrected chi connectivity index (χ0v) is 16.4. The molecule has 2 saturated heterocycles. The van der Waals surface area contributed by atoms with E-state index in [9.17, 15) is 19.5 Å². The molecule has 2 aliphatic heterocycles. The highest BCUT2D eigenvalue weighted by molar-refractivity contribution is 6.10. The largest absolute Gasteiger partial charge is 0.480 e. The number of hydrogen-bond donors (Lipinski definition) is 2. The maximum atomic E-state index is 12.8. The standard InChI is InChI=1S/C21H28N2O5/c1-13(2)14-5-7-16(8-6-14)23-10-9-17(20(23)25)19(24)22-18(21(26)27)15-4-3-11-28-12-15/h5-8,13,15,17-18H,3-4,9-12H2,1-2H3,(H,22,24)(H,26,27). The zero-order chi connectivity index (χ0) is 20.3. The van der Waals surface area contributed by atoms with Gasteiger partial charge < -0.3 is 20.1 Å². The van der Waals surface area contributed by atoms with Crippen LogP contribution in [0.15, 0.2) is 24.3 Å². The normalized spacial score (nSPS) is 23.7. The number of carbonyl (C=O) groups excluding carboxylic acids is 2. The second-order valence-electron chi connectivity index (χ2n) is 7.88. The molecule has 2 heterocycles. The van der Waals surface area contributed by atoms with E-state index in [0.717, 1.165) is 12.1 Å². The Morgan fingerprint density at radius 2 is 1.93 bits per heavy atom. The molecule has 0 radical (unpaired) electrons. The van der Waals surface area contributed by atoms with Gasteiger partial charge in [-0.2, -0.15) is 0 Å². The molecule has 28 heavy (non-hydrogen) atoms. The van der Waals surface area contributed by atoms with Crippen molar-refractivity contribution in [3.8, 4) is 0 Å². The van der Waals surface area contributed by atoms with E-state index in [1.54, 1.807) is 4.90 Å². The minimum atomic E-state index is -1.09. The molecule has 0 aromatic heterocycles. The zero-order valence-electron chi connectivity index (χ0n) is 16.4. The number of nitrogens with zero attached hydrogens (tertiary/aromatic N) is 1. The molecule has 0 spiro atoms. The molecule has 1 aromatic rings. The highest BCUT2D eigenvalue weighted by Crippen LogP contribution is 2.27. The van der Waals surface area contributed by atoms with Crippen molar-refractivity contribution in [2.45, 2.75) is 45.1 Å². The molecule has 7 heteroatoms. The smallest absolute Gasteiger partial charge is 0.326 e. The van der Waals surface area contributed by atoms with Crippen LogP contribution in [-0.4, -0.2) is 48.7 Å². The summed E-state index contributed by atoms with van der Waals surface area (Å²) in [5, 5.41) is 12.1. The van der Waals surface area contributed by atoms with E-state index in [-0.39, 0.29) is 11.8 Å². The molecule has 2 aliphatic rings. The minimum absolute atomic E-state index is 0.272. The molecule has 3 rings (SSSR count). The van der Waals surface area contributed by atoms with Crippen molar-refractivity contribution in [1.82, 2.24) is 5.32 Å². The third kappa shape index (κ3) is 4.35. The van der Waals surface area contributed by atoms with Gasteiger partial charge in [-0.15, -0.1) is 0 Å². The van der Waals surface area contributed by atoms with E-state index in [1.165, 1.54) is 5.56 Å². The van der Waals surface area contributed by atoms with Gasteiger partial charge in [-0.1, -0.05) is 26.0 Å². The van der Waals surface area contributed by atoms with Crippen LogP contribution in [0.1, 0.15) is 44.6 Å². The Morgan fingerprint density at radius 1 is 1.21 bits per heavy atom. The van der Waals surface area contributed by atoms with Gasteiger partial charge in [0.25, 0.3) is 0 Å². The Morgan fingerprint density at radius 3 is 2.50 bits per heavy atom. The number of carboxylic acids is 1. The number of rotatable bonds is 6. The van der Waals surface area contributed by atoms with Crippen LogP contribution < -0.4 is 10.2 Å². The fraction of sp³-hybridized carbons (Fsp3) is 0.571. The van der Waals surface area contributed by atoms with E-state index < -0.39 is 23.8 Å². The summed E-state index contributed by atoms with van der Waals surface area (Å²) in [6, 6.07) is 6.74. The fourth-order valence-corrected chi connectivity index (χ4v) is 3.88. The molecular weight excluding hydrogens is 360 g/mol. The van der Waals surface area contributed by atoms with Crippen LogP contribution in [0.2, 0.25) is 0 Å². The maximum Gasteiger partial charge on any atom is 0.326 e. The Hall–Kier alpha value is -2.41. The van der Waals surface area contributed by atoms with Gasteiger partial charge >= 0.3 is 5.97 Å². The lowest BCUT2D eigenvalue weighted by molar-refractivity contribution is -0.146. The van der Waals surface area contributed by atoms with Crippen molar-refractivity contribution in [1.29, 1.82) is 0 Å². The summed E-state index contributed by atoms with van der Waals surface area (Å²) in [6.45, 7) is 5.58. The molecule has 152 valence electrons. The monoisotopic (exact) mass is 388 g/mol. The van der Waals surface area contributed by atoms with Crippen molar-refractivity contribution >= 4 is 23.5 Å². The summed E-state index contributed by atoms with van der Waals surface area (Å²) >= 11 is 0. The number of anilines is 1. The van der Waals surface area contributed by atoms with Gasteiger partial charge in [-0.05, 0) is 42.9 Å². The van der Waals surface area contributed by atoms with Crippen LogP contribution in [0, 0.1) is 11.8 Å². The van der Waals surface area contributed by atoms with Gasteiger partial charge in [0.05, 0.1) is 6.61 Å². The molecule has 0 aliphatic carbocycles. The predicted molar refractivity (Wildman–Crippen MR) is 104 cm³/mol. The maximum absolute atomic E-state index is 12.8. The highest BCUT2D eigenvalue weighted by atomic mass is 16.5. The first-order valence-electron chi connectivity index (χ1n) is 9.90. The Kier molecular flexibility index (Phi) is 6.34. The van der Waals surface area contributed by atoms with Gasteiger partial charge in [-0.3, -0.25) is 9.59 Å². The molecule has 2 amide bonds. The van der Waals surface area contributed by atoms with Gasteiger partial charge in [0, 0.05) is 24.8 Å². The second kappa shape index (κ2) is 8.73. The van der Waals surface area contributed by atoms with Gasteiger partial charge in [0.15, 0.2) is 0 Å². The summed E-state index contributed by atoms with van der Waals surface area (Å²) in [6.07, 6.45) is 1.83. The number of aliphatic carboxylic acids is 1. The van der Waals surface area contributed by atoms with Gasteiger partial charge in [0.1, 0.15) is 12.0 Å². The summed E-state index contributed by atoms with van der Waals surface area (Å²) < 4.78 is 5.35. The number of amides is 2. The molecule has 0 saturated carbocycles. The topological polar surface area (TPSA) is 95.9 Å². The number of benzene rings is 1. The third-order valence-corrected chi connectivity index (χ3v) is 5.62. The summed E-state index contributed by atoms with van der Waals surface area (Å²) in [5.74, 6) is -2.60. The minimum Gasteiger partial charge on any atom is -0.480 e. The van der Waals surface area contributed by atoms with E-state index >= 15 is 0 Å². The molecule has 2 N–H and O–H groups in total. The van der Waals surface area contributed by atoms with Gasteiger partial charge in [-0.25, -0.2) is 4.79 Å². The number of ether oxygens (including phenoxy) is 1. The summed E-state index contributed by atoms with van der Waals surface area (Å²) in [5.41, 5.74) is 1.95. The molecule has 3 atom stereocenters. The van der Waals surface area contributed by atoms with Crippen molar-refractivity contribution in [3.63, 3.8) is 0 Å². The first-order valence-corrected chi connectivity index (χ1v) is 9.90. The summed E-state index contributed by atoms with van der Waals surface area (Å²) in [4.78, 5) is 38.7. The van der Waals surface area contributed by atoms with E-state index in [0.29, 0.717) is 38.5 Å². The lowest BCUT2D eigenvalue weighted by Crippen LogP contribution is -2.51. The molecule has 2 fully saturated rings. The predicted octanol–water partition coefficient (Wildman–Crippen LogP) is 2.16. The first-order chi connectivity index (χ1) is 13.4. The Labute approximate surface area is 165 Å². The SMILES string of the molecule is CC(C)c1ccc(N2CCC(C(=O)NC(C(=O)O)C3CCCOC3)C2=O)cc1. The first kappa shape index (κ1) is 20.3. The van der Waals surface area contributed by atoms with Crippen LogP contribution in [0.3, 0.4) is 0 Å². The average molecular weight is 388 g/mol. The average Bonchev–Trinajstić information content (AvgIpc) is 3.08. The fourth-order valence-electron chi connectivity index (χ4n) is 3.88. The molecule has 1 aromatic carbocycles. The van der Waals surface area contributed by atoms with Gasteiger partial charge in [0.2, 0.25) is 11.8 Å². The van der Waals surface area contributed by atoms with Crippen molar-refractivity contribution in [2.75, 3.05) is 24.7 Å². The Balaban J connectivity index is 1.65. The van der Waals surface area contributed by atoms with Crippen LogP contribution in [-0.2, 0) is 19.1 Å². The lowest BCUT2D eigenvalue weighted by atomic mass is 9.93. The van der Waals surface area contributed by atoms with Crippen molar-refractivity contribution < 1.29 is 24.2 Å². The van der Waals surface area contributed by atoms with E-state index in [2.05, 4.69) is 19.2 Å². The van der Waals surface area contributed by atoms with Crippen LogP contribution in [0.25, 0.3) is 0 Å². The molecule has 0 bridgehead atoms. The van der Waals surface area contributed by atoms with Crippen molar-refractivity contribution in [2.24, 2.45) is 11.8 Å². The number of carbonyl (C=O) groups is 3. The quantitative estimate of drug-likeness (QED) is 0.728. The van der Waals surface area contributed by atoms with E-state index in [4.69, 9.17) is 4.74 Å². The number of hydrogen-bond acceptors (Lipinski definition) is 4. The number of carboxylic acid groups (broad SMARTS) is 1. The lowest BCUT2D eigenvalue weighted by Gasteiger charge is -2.28. The number of nitrogens with one attached hydrogen (secondary N) is 1. The third-order valence-electron chi connectivity index (χ3n) is 5.62. The Bertz CT molecular complexity index is 725.